The summed E-state index contributed by atoms with van der Waals surface area (Å²) in [6, 6.07) is 0.283. The summed E-state index contributed by atoms with van der Waals surface area (Å²) in [5.74, 6) is 0.554. The molecule has 0 aliphatic heterocycles. The highest BCUT2D eigenvalue weighted by atomic mass is 16.2. The maximum Gasteiger partial charge on any atom is 0.226 e. The fourth-order valence-corrected chi connectivity index (χ4v) is 2.87. The van der Waals surface area contributed by atoms with Gasteiger partial charge in [-0.2, -0.15) is 0 Å². The summed E-state index contributed by atoms with van der Waals surface area (Å²) in [6.07, 6.45) is 4.31. The number of hydrogen-bond donors (Lipinski definition) is 1. The number of nitrogens with zero attached hydrogens (tertiary/aromatic N) is 1. The average Bonchev–Trinajstić information content (AvgIpc) is 2.57. The number of hydrogen-bond acceptors (Lipinski definition) is 2. The minimum atomic E-state index is 0.174. The van der Waals surface area contributed by atoms with E-state index in [9.17, 15) is 4.79 Å². The van der Waals surface area contributed by atoms with Crippen LogP contribution >= 0.6 is 0 Å². The van der Waals surface area contributed by atoms with Gasteiger partial charge in [0.25, 0.3) is 0 Å². The van der Waals surface area contributed by atoms with Crippen LogP contribution in [0.25, 0.3) is 0 Å². The average molecular weight is 240 g/mol. The summed E-state index contributed by atoms with van der Waals surface area (Å²) in [5.41, 5.74) is 5.72. The Morgan fingerprint density at radius 2 is 2.12 bits per heavy atom. The lowest BCUT2D eigenvalue weighted by molar-refractivity contribution is -0.140. The van der Waals surface area contributed by atoms with Gasteiger partial charge in [0.1, 0.15) is 0 Å². The Kier molecular flexibility index (Phi) is 4.99. The van der Waals surface area contributed by atoms with Crippen LogP contribution in [0.2, 0.25) is 0 Å². The molecule has 0 aromatic heterocycles. The van der Waals surface area contributed by atoms with Gasteiger partial charge in [-0.3, -0.25) is 4.79 Å². The first-order chi connectivity index (χ1) is 7.90. The van der Waals surface area contributed by atoms with Crippen LogP contribution in [0.4, 0.5) is 0 Å². The van der Waals surface area contributed by atoms with E-state index in [1.807, 2.05) is 4.90 Å². The summed E-state index contributed by atoms with van der Waals surface area (Å²) in [6.45, 7) is 10.1. The normalized spacial score (nSPS) is 23.1. The highest BCUT2D eigenvalue weighted by molar-refractivity contribution is 5.80. The molecule has 17 heavy (non-hydrogen) atoms. The van der Waals surface area contributed by atoms with Crippen molar-refractivity contribution in [2.45, 2.75) is 59.4 Å². The lowest BCUT2D eigenvalue weighted by Gasteiger charge is -2.34. The molecule has 1 fully saturated rings. The first-order valence-electron chi connectivity index (χ1n) is 6.90. The van der Waals surface area contributed by atoms with Crippen molar-refractivity contribution in [3.05, 3.63) is 0 Å². The molecule has 3 nitrogen and oxygen atoms in total. The van der Waals surface area contributed by atoms with Crippen molar-refractivity contribution in [1.82, 2.24) is 4.90 Å². The van der Waals surface area contributed by atoms with E-state index in [2.05, 4.69) is 27.7 Å². The van der Waals surface area contributed by atoms with Gasteiger partial charge in [-0.15, -0.1) is 0 Å². The second-order valence-corrected chi connectivity index (χ2v) is 6.20. The van der Waals surface area contributed by atoms with Crippen LogP contribution in [-0.4, -0.2) is 29.9 Å². The molecular weight excluding hydrogens is 212 g/mol. The van der Waals surface area contributed by atoms with Crippen LogP contribution < -0.4 is 5.73 Å². The van der Waals surface area contributed by atoms with Gasteiger partial charge in [0, 0.05) is 18.5 Å². The van der Waals surface area contributed by atoms with Gasteiger partial charge in [-0.1, -0.05) is 20.3 Å². The van der Waals surface area contributed by atoms with Gasteiger partial charge >= 0.3 is 0 Å². The molecule has 100 valence electrons. The molecule has 0 saturated heterocycles. The van der Waals surface area contributed by atoms with E-state index in [4.69, 9.17) is 5.73 Å². The minimum Gasteiger partial charge on any atom is -0.340 e. The predicted molar refractivity (Wildman–Crippen MR) is 71.6 cm³/mol. The van der Waals surface area contributed by atoms with Crippen molar-refractivity contribution in [2.24, 2.45) is 17.1 Å². The molecule has 1 aliphatic carbocycles. The zero-order chi connectivity index (χ0) is 13.1. The molecule has 0 aromatic carbocycles. The van der Waals surface area contributed by atoms with Crippen molar-refractivity contribution in [3.63, 3.8) is 0 Å². The largest absolute Gasteiger partial charge is 0.340 e. The molecule has 1 unspecified atom stereocenters. The van der Waals surface area contributed by atoms with E-state index < -0.39 is 0 Å². The Morgan fingerprint density at radius 3 is 2.53 bits per heavy atom. The quantitative estimate of drug-likeness (QED) is 0.802. The van der Waals surface area contributed by atoms with Crippen molar-refractivity contribution < 1.29 is 4.79 Å². The lowest BCUT2D eigenvalue weighted by Crippen LogP contribution is -2.44. The monoisotopic (exact) mass is 240 g/mol. The van der Waals surface area contributed by atoms with Crippen molar-refractivity contribution in [1.29, 1.82) is 0 Å². The Bertz CT molecular complexity index is 261. The highest BCUT2D eigenvalue weighted by Gasteiger charge is 2.41. The Hall–Kier alpha value is -0.570. The minimum absolute atomic E-state index is 0.174. The smallest absolute Gasteiger partial charge is 0.226 e. The Morgan fingerprint density at radius 1 is 1.47 bits per heavy atom. The standard InChI is InChI=1S/C14H28N2O/c1-11(2)16(10-6-9-15)13(17)12-7-5-8-14(12,3)4/h11-12H,5-10,15H2,1-4H3. The van der Waals surface area contributed by atoms with Gasteiger partial charge in [-0.05, 0) is 45.1 Å². The molecule has 2 N–H and O–H groups in total. The molecule has 1 saturated carbocycles. The first-order valence-corrected chi connectivity index (χ1v) is 6.90. The molecule has 1 rings (SSSR count). The van der Waals surface area contributed by atoms with E-state index in [1.54, 1.807) is 0 Å². The van der Waals surface area contributed by atoms with Gasteiger partial charge in [0.05, 0.1) is 0 Å². The number of rotatable bonds is 5. The van der Waals surface area contributed by atoms with Gasteiger partial charge < -0.3 is 10.6 Å². The molecule has 1 aliphatic rings. The molecule has 1 atom stereocenters. The van der Waals surface area contributed by atoms with E-state index in [1.165, 1.54) is 12.8 Å². The van der Waals surface area contributed by atoms with Crippen LogP contribution in [-0.2, 0) is 4.79 Å². The van der Waals surface area contributed by atoms with Gasteiger partial charge in [-0.25, -0.2) is 0 Å². The van der Waals surface area contributed by atoms with Crippen molar-refractivity contribution >= 4 is 5.91 Å². The lowest BCUT2D eigenvalue weighted by atomic mass is 9.81. The Labute approximate surface area is 106 Å². The van der Waals surface area contributed by atoms with Crippen molar-refractivity contribution in [3.8, 4) is 0 Å². The summed E-state index contributed by atoms with van der Waals surface area (Å²) in [7, 11) is 0. The SMILES string of the molecule is CC(C)N(CCCN)C(=O)C1CCCC1(C)C. The molecule has 0 heterocycles. The summed E-state index contributed by atoms with van der Waals surface area (Å²) < 4.78 is 0. The molecule has 0 spiro atoms. The number of nitrogens with two attached hydrogens (primary N) is 1. The second-order valence-electron chi connectivity index (χ2n) is 6.20. The van der Waals surface area contributed by atoms with Crippen molar-refractivity contribution in [2.75, 3.05) is 13.1 Å². The fraction of sp³-hybridized carbons (Fsp3) is 0.929. The molecular formula is C14H28N2O. The van der Waals surface area contributed by atoms with Crippen LogP contribution in [0, 0.1) is 11.3 Å². The summed E-state index contributed by atoms with van der Waals surface area (Å²) in [4.78, 5) is 14.6. The van der Waals surface area contributed by atoms with Gasteiger partial charge in [0.15, 0.2) is 0 Å². The highest BCUT2D eigenvalue weighted by Crippen LogP contribution is 2.43. The third-order valence-electron chi connectivity index (χ3n) is 4.06. The first kappa shape index (κ1) is 14.5. The van der Waals surface area contributed by atoms with Crippen LogP contribution in [0.1, 0.15) is 53.4 Å². The molecule has 3 heteroatoms. The maximum absolute atomic E-state index is 12.6. The zero-order valence-corrected chi connectivity index (χ0v) is 11.8. The third-order valence-corrected chi connectivity index (χ3v) is 4.06. The van der Waals surface area contributed by atoms with E-state index in [-0.39, 0.29) is 17.4 Å². The summed E-state index contributed by atoms with van der Waals surface area (Å²) in [5, 5.41) is 0. The zero-order valence-electron chi connectivity index (χ0n) is 11.8. The second kappa shape index (κ2) is 5.85. The molecule has 1 amide bonds. The topological polar surface area (TPSA) is 46.3 Å². The fourth-order valence-electron chi connectivity index (χ4n) is 2.87. The van der Waals surface area contributed by atoms with Crippen LogP contribution in [0.5, 0.6) is 0 Å². The number of amides is 1. The van der Waals surface area contributed by atoms with E-state index >= 15 is 0 Å². The Balaban J connectivity index is 2.70. The maximum atomic E-state index is 12.6. The number of carbonyl (C=O) groups is 1. The van der Waals surface area contributed by atoms with Gasteiger partial charge in [0.2, 0.25) is 5.91 Å². The molecule has 0 aromatic rings. The van der Waals surface area contributed by atoms with Crippen LogP contribution in [0.3, 0.4) is 0 Å². The van der Waals surface area contributed by atoms with E-state index in [0.29, 0.717) is 12.5 Å². The van der Waals surface area contributed by atoms with Crippen LogP contribution in [0.15, 0.2) is 0 Å². The van der Waals surface area contributed by atoms with E-state index in [0.717, 1.165) is 19.4 Å². The number of carbonyl (C=O) groups excluding carboxylic acids is 1. The molecule has 0 bridgehead atoms. The molecule has 0 radical (unpaired) electrons. The summed E-state index contributed by atoms with van der Waals surface area (Å²) >= 11 is 0. The predicted octanol–water partition coefficient (Wildman–Crippen LogP) is 2.40. The third kappa shape index (κ3) is 3.44.